The van der Waals surface area contributed by atoms with Crippen molar-refractivity contribution < 1.29 is 9.84 Å². The quantitative estimate of drug-likeness (QED) is 0.817. The first-order valence-corrected chi connectivity index (χ1v) is 6.01. The Morgan fingerprint density at radius 2 is 2.18 bits per heavy atom. The molecule has 2 rings (SSSR count). The van der Waals surface area contributed by atoms with Gasteiger partial charge in [0.15, 0.2) is 0 Å². The number of methoxy groups -OCH3 is 1. The maximum Gasteiger partial charge on any atom is 0.142 e. The second-order valence-electron chi connectivity index (χ2n) is 4.42. The first-order valence-electron chi connectivity index (χ1n) is 6.01. The Bertz CT molecular complexity index is 370. The van der Waals surface area contributed by atoms with Crippen LogP contribution in [0.3, 0.4) is 0 Å². The molecule has 2 N–H and O–H groups in total. The predicted molar refractivity (Wildman–Crippen MR) is 68.7 cm³/mol. The lowest BCUT2D eigenvalue weighted by atomic mass is 10.1. The molecule has 0 bridgehead atoms. The molecule has 1 fully saturated rings. The minimum atomic E-state index is 0.107. The Labute approximate surface area is 102 Å². The molecule has 0 aliphatic carbocycles. The highest BCUT2D eigenvalue weighted by Gasteiger charge is 2.28. The van der Waals surface area contributed by atoms with E-state index in [0.717, 1.165) is 24.5 Å². The van der Waals surface area contributed by atoms with Crippen molar-refractivity contribution >= 4 is 5.69 Å². The van der Waals surface area contributed by atoms with Crippen LogP contribution >= 0.6 is 0 Å². The molecule has 1 heterocycles. The number of para-hydroxylation sites is 2. The molecule has 0 spiro atoms. The number of hydrogen-bond donors (Lipinski definition) is 2. The van der Waals surface area contributed by atoms with E-state index < -0.39 is 0 Å². The summed E-state index contributed by atoms with van der Waals surface area (Å²) in [6.45, 7) is 4.03. The zero-order chi connectivity index (χ0) is 12.3. The second kappa shape index (κ2) is 5.38. The van der Waals surface area contributed by atoms with Gasteiger partial charge in [-0.05, 0) is 19.1 Å². The smallest absolute Gasteiger partial charge is 0.142 e. The third-order valence-corrected chi connectivity index (χ3v) is 3.26. The molecule has 1 aromatic rings. The second-order valence-corrected chi connectivity index (χ2v) is 4.42. The van der Waals surface area contributed by atoms with E-state index in [1.54, 1.807) is 7.11 Å². The third kappa shape index (κ3) is 2.37. The van der Waals surface area contributed by atoms with Crippen molar-refractivity contribution in [3.63, 3.8) is 0 Å². The number of aliphatic hydroxyl groups excluding tert-OH is 1. The minimum Gasteiger partial charge on any atom is -0.495 e. The highest BCUT2D eigenvalue weighted by molar-refractivity contribution is 5.60. The average Bonchev–Trinajstić information content (AvgIpc) is 2.38. The molecule has 1 aliphatic heterocycles. The van der Waals surface area contributed by atoms with Crippen LogP contribution in [-0.2, 0) is 0 Å². The Kier molecular flexibility index (Phi) is 3.86. The molecule has 4 heteroatoms. The normalized spacial score (nSPS) is 24.8. The fourth-order valence-electron chi connectivity index (χ4n) is 2.45. The van der Waals surface area contributed by atoms with Crippen LogP contribution in [0.25, 0.3) is 0 Å². The van der Waals surface area contributed by atoms with E-state index in [0.29, 0.717) is 6.04 Å². The monoisotopic (exact) mass is 236 g/mol. The van der Waals surface area contributed by atoms with Crippen LogP contribution < -0.4 is 15.0 Å². The molecule has 2 unspecified atom stereocenters. The maximum absolute atomic E-state index is 9.48. The highest BCUT2D eigenvalue weighted by Crippen LogP contribution is 2.31. The standard InChI is InChI=1S/C13H20N2O2/c1-10-7-14-8-11(9-16)15(10)12-5-3-4-6-13(12)17-2/h3-6,10-11,14,16H,7-9H2,1-2H3. The summed E-state index contributed by atoms with van der Waals surface area (Å²) in [6, 6.07) is 8.42. The molecular formula is C13H20N2O2. The highest BCUT2D eigenvalue weighted by atomic mass is 16.5. The van der Waals surface area contributed by atoms with Crippen LogP contribution in [-0.4, -0.2) is 44.0 Å². The predicted octanol–water partition coefficient (Wildman–Crippen LogP) is 0.854. The van der Waals surface area contributed by atoms with Crippen LogP contribution in [0.1, 0.15) is 6.92 Å². The van der Waals surface area contributed by atoms with E-state index in [4.69, 9.17) is 4.74 Å². The Balaban J connectivity index is 2.34. The zero-order valence-electron chi connectivity index (χ0n) is 10.4. The molecule has 1 aliphatic rings. The van der Waals surface area contributed by atoms with Crippen molar-refractivity contribution in [1.29, 1.82) is 0 Å². The number of hydrogen-bond acceptors (Lipinski definition) is 4. The Morgan fingerprint density at radius 1 is 1.41 bits per heavy atom. The maximum atomic E-state index is 9.48. The summed E-state index contributed by atoms with van der Waals surface area (Å²) in [4.78, 5) is 2.25. The van der Waals surface area contributed by atoms with Crippen LogP contribution in [0.4, 0.5) is 5.69 Å². The van der Waals surface area contributed by atoms with Crippen LogP contribution in [0.15, 0.2) is 24.3 Å². The van der Waals surface area contributed by atoms with Gasteiger partial charge in [0, 0.05) is 19.1 Å². The van der Waals surface area contributed by atoms with Gasteiger partial charge in [0.1, 0.15) is 5.75 Å². The summed E-state index contributed by atoms with van der Waals surface area (Å²) < 4.78 is 5.40. The summed E-state index contributed by atoms with van der Waals surface area (Å²) in [5.74, 6) is 0.861. The fraction of sp³-hybridized carbons (Fsp3) is 0.538. The number of piperazine rings is 1. The van der Waals surface area contributed by atoms with Crippen molar-refractivity contribution in [3.05, 3.63) is 24.3 Å². The summed E-state index contributed by atoms with van der Waals surface area (Å²) in [5.41, 5.74) is 1.06. The number of rotatable bonds is 3. The van der Waals surface area contributed by atoms with E-state index in [2.05, 4.69) is 17.1 Å². The minimum absolute atomic E-state index is 0.107. The topological polar surface area (TPSA) is 44.7 Å². The van der Waals surface area contributed by atoms with Gasteiger partial charge in [-0.25, -0.2) is 0 Å². The lowest BCUT2D eigenvalue weighted by molar-refractivity contribution is 0.234. The van der Waals surface area contributed by atoms with Crippen molar-refractivity contribution in [2.75, 3.05) is 31.7 Å². The van der Waals surface area contributed by atoms with Crippen molar-refractivity contribution in [1.82, 2.24) is 5.32 Å². The molecule has 0 radical (unpaired) electrons. The van der Waals surface area contributed by atoms with Gasteiger partial charge in [-0.3, -0.25) is 0 Å². The van der Waals surface area contributed by atoms with Gasteiger partial charge in [0.05, 0.1) is 25.4 Å². The van der Waals surface area contributed by atoms with Gasteiger partial charge in [-0.2, -0.15) is 0 Å². The molecule has 2 atom stereocenters. The lowest BCUT2D eigenvalue weighted by Gasteiger charge is -2.42. The molecule has 94 valence electrons. The van der Waals surface area contributed by atoms with E-state index in [1.165, 1.54) is 0 Å². The number of anilines is 1. The number of ether oxygens (including phenoxy) is 1. The molecule has 0 amide bonds. The first kappa shape index (κ1) is 12.2. The summed E-state index contributed by atoms with van der Waals surface area (Å²) in [7, 11) is 1.68. The molecule has 1 aromatic carbocycles. The molecule has 1 saturated heterocycles. The molecule has 4 nitrogen and oxygen atoms in total. The van der Waals surface area contributed by atoms with Gasteiger partial charge in [-0.15, -0.1) is 0 Å². The van der Waals surface area contributed by atoms with E-state index in [1.807, 2.05) is 24.3 Å². The van der Waals surface area contributed by atoms with Crippen LogP contribution in [0.2, 0.25) is 0 Å². The summed E-state index contributed by atoms with van der Waals surface area (Å²) in [6.07, 6.45) is 0. The van der Waals surface area contributed by atoms with E-state index >= 15 is 0 Å². The fourth-order valence-corrected chi connectivity index (χ4v) is 2.45. The summed E-state index contributed by atoms with van der Waals surface area (Å²) >= 11 is 0. The lowest BCUT2D eigenvalue weighted by Crippen LogP contribution is -2.58. The zero-order valence-corrected chi connectivity index (χ0v) is 10.4. The van der Waals surface area contributed by atoms with Crippen molar-refractivity contribution in [3.8, 4) is 5.75 Å². The molecule has 0 aromatic heterocycles. The van der Waals surface area contributed by atoms with Gasteiger partial charge < -0.3 is 20.1 Å². The van der Waals surface area contributed by atoms with Gasteiger partial charge in [0.25, 0.3) is 0 Å². The average molecular weight is 236 g/mol. The largest absolute Gasteiger partial charge is 0.495 e. The summed E-state index contributed by atoms with van der Waals surface area (Å²) in [5, 5.41) is 12.8. The van der Waals surface area contributed by atoms with Gasteiger partial charge >= 0.3 is 0 Å². The number of nitrogens with one attached hydrogen (secondary N) is 1. The van der Waals surface area contributed by atoms with Crippen molar-refractivity contribution in [2.45, 2.75) is 19.0 Å². The number of nitrogens with zero attached hydrogens (tertiary/aromatic N) is 1. The van der Waals surface area contributed by atoms with Gasteiger partial charge in [0.2, 0.25) is 0 Å². The van der Waals surface area contributed by atoms with Crippen LogP contribution in [0, 0.1) is 0 Å². The van der Waals surface area contributed by atoms with Gasteiger partial charge in [-0.1, -0.05) is 12.1 Å². The molecular weight excluding hydrogens is 216 g/mol. The Hall–Kier alpha value is -1.26. The molecule has 0 saturated carbocycles. The van der Waals surface area contributed by atoms with Crippen molar-refractivity contribution in [2.24, 2.45) is 0 Å². The SMILES string of the molecule is COc1ccccc1N1C(C)CNCC1CO. The Morgan fingerprint density at radius 3 is 2.88 bits per heavy atom. The van der Waals surface area contributed by atoms with E-state index in [9.17, 15) is 5.11 Å². The van der Waals surface area contributed by atoms with Crippen LogP contribution in [0.5, 0.6) is 5.75 Å². The molecule has 17 heavy (non-hydrogen) atoms. The number of benzene rings is 1. The van der Waals surface area contributed by atoms with E-state index in [-0.39, 0.29) is 12.6 Å². The first-order chi connectivity index (χ1) is 8.27. The number of aliphatic hydroxyl groups is 1. The third-order valence-electron chi connectivity index (χ3n) is 3.26.